The molecule has 5 heterocycles. The lowest BCUT2D eigenvalue weighted by atomic mass is 10.1. The topological polar surface area (TPSA) is 92.1 Å². The number of rotatable bonds is 4. The summed E-state index contributed by atoms with van der Waals surface area (Å²) in [6.07, 6.45) is 5.94. The number of nitrogens with zero attached hydrogens (tertiary/aromatic N) is 6. The van der Waals surface area contributed by atoms with Crippen LogP contribution < -0.4 is 4.90 Å². The number of hydrogen-bond donors (Lipinski definition) is 0. The summed E-state index contributed by atoms with van der Waals surface area (Å²) < 4.78 is 17.4. The molecule has 2 saturated heterocycles. The second-order valence-electron chi connectivity index (χ2n) is 10.2. The number of aliphatic imine (C=N–C) groups is 2. The van der Waals surface area contributed by atoms with E-state index in [2.05, 4.69) is 20.9 Å². The third-order valence-corrected chi connectivity index (χ3v) is 6.39. The third-order valence-electron chi connectivity index (χ3n) is 6.39. The number of carbonyl (C=O) groups excluding carboxylic acids is 1. The molecule has 0 aromatic carbocycles. The van der Waals surface area contributed by atoms with Crippen molar-refractivity contribution in [2.45, 2.75) is 39.0 Å². The number of likely N-dealkylation sites (tertiary alicyclic amines) is 1. The van der Waals surface area contributed by atoms with Crippen molar-refractivity contribution >= 4 is 23.6 Å². The Bertz CT molecular complexity index is 1010. The first kappa shape index (κ1) is 23.7. The fraction of sp³-hybridized carbons (Fsp3) is 0.600. The van der Waals surface area contributed by atoms with Crippen LogP contribution in [0.2, 0.25) is 0 Å². The first-order valence-corrected chi connectivity index (χ1v) is 12.3. The zero-order valence-electron chi connectivity index (χ0n) is 20.7. The van der Waals surface area contributed by atoms with Crippen LogP contribution in [-0.4, -0.2) is 97.0 Å². The summed E-state index contributed by atoms with van der Waals surface area (Å²) >= 11 is 0. The number of carbonyl (C=O) groups is 1. The predicted molar refractivity (Wildman–Crippen MR) is 133 cm³/mol. The molecule has 0 spiro atoms. The molecule has 188 valence electrons. The van der Waals surface area contributed by atoms with Gasteiger partial charge in [-0.1, -0.05) is 6.08 Å². The molecule has 4 aliphatic heterocycles. The summed E-state index contributed by atoms with van der Waals surface area (Å²) in [5.41, 5.74) is 1.47. The first-order chi connectivity index (χ1) is 16.9. The highest BCUT2D eigenvalue weighted by Crippen LogP contribution is 2.29. The Hall–Kier alpha value is -2.98. The van der Waals surface area contributed by atoms with E-state index in [1.807, 2.05) is 39.1 Å². The minimum atomic E-state index is -0.497. The quantitative estimate of drug-likeness (QED) is 0.651. The first-order valence-electron chi connectivity index (χ1n) is 12.3. The molecule has 1 amide bonds. The van der Waals surface area contributed by atoms with Crippen LogP contribution in [0.1, 0.15) is 27.2 Å². The van der Waals surface area contributed by atoms with Gasteiger partial charge in [-0.3, -0.25) is 4.98 Å². The van der Waals surface area contributed by atoms with Crippen molar-refractivity contribution in [2.24, 2.45) is 15.9 Å². The van der Waals surface area contributed by atoms with E-state index in [4.69, 9.17) is 24.2 Å². The molecule has 0 bridgehead atoms. The lowest BCUT2D eigenvalue weighted by Gasteiger charge is -2.33. The van der Waals surface area contributed by atoms with Gasteiger partial charge in [0.1, 0.15) is 11.4 Å². The number of guanidine groups is 1. The summed E-state index contributed by atoms with van der Waals surface area (Å²) in [5, 5.41) is 0. The number of anilines is 1. The Kier molecular flexibility index (Phi) is 6.75. The molecule has 2 atom stereocenters. The van der Waals surface area contributed by atoms with Crippen LogP contribution in [0.4, 0.5) is 10.5 Å². The highest BCUT2D eigenvalue weighted by atomic mass is 16.6. The van der Waals surface area contributed by atoms with E-state index in [1.54, 1.807) is 11.1 Å². The van der Waals surface area contributed by atoms with Crippen LogP contribution in [0.5, 0.6) is 0 Å². The molecule has 1 aromatic rings. The lowest BCUT2D eigenvalue weighted by Crippen LogP contribution is -2.44. The van der Waals surface area contributed by atoms with Gasteiger partial charge < -0.3 is 28.9 Å². The van der Waals surface area contributed by atoms with Crippen LogP contribution >= 0.6 is 0 Å². The van der Waals surface area contributed by atoms with Gasteiger partial charge in [0, 0.05) is 50.4 Å². The number of morpholine rings is 1. The number of fused-ring (bicyclic) bond motifs is 1. The van der Waals surface area contributed by atoms with Crippen LogP contribution in [0.15, 0.2) is 46.2 Å². The average molecular weight is 483 g/mol. The molecule has 0 N–H and O–H groups in total. The van der Waals surface area contributed by atoms with Gasteiger partial charge >= 0.3 is 6.09 Å². The Morgan fingerprint density at radius 1 is 1.23 bits per heavy atom. The summed E-state index contributed by atoms with van der Waals surface area (Å²) in [7, 11) is 0. The van der Waals surface area contributed by atoms with E-state index in [0.29, 0.717) is 45.4 Å². The number of hydrogen-bond acceptors (Lipinski definition) is 9. The maximum absolute atomic E-state index is 12.4. The predicted octanol–water partition coefficient (Wildman–Crippen LogP) is 2.53. The minimum absolute atomic E-state index is 0.239. The van der Waals surface area contributed by atoms with Gasteiger partial charge in [0.15, 0.2) is 6.23 Å². The van der Waals surface area contributed by atoms with E-state index >= 15 is 0 Å². The van der Waals surface area contributed by atoms with Gasteiger partial charge in [-0.25, -0.2) is 9.79 Å². The van der Waals surface area contributed by atoms with Crippen LogP contribution in [0, 0.1) is 5.92 Å². The van der Waals surface area contributed by atoms with Crippen molar-refractivity contribution in [1.82, 2.24) is 14.8 Å². The normalized spacial score (nSPS) is 24.7. The molecular weight excluding hydrogens is 448 g/mol. The van der Waals surface area contributed by atoms with Crippen molar-refractivity contribution in [3.8, 4) is 0 Å². The fourth-order valence-electron chi connectivity index (χ4n) is 4.63. The average Bonchev–Trinajstić information content (AvgIpc) is 3.50. The van der Waals surface area contributed by atoms with Crippen LogP contribution in [-0.2, 0) is 14.2 Å². The number of aromatic nitrogens is 1. The SMILES string of the molecule is CC(C)(C)OC(=O)N1CCC(COC2N=C(N3CCOCC3)N=C3C2=CCN3c2cccnc2)C1. The Balaban J connectivity index is 1.28. The summed E-state index contributed by atoms with van der Waals surface area (Å²) in [5.74, 6) is 1.78. The third kappa shape index (κ3) is 5.48. The maximum atomic E-state index is 12.4. The van der Waals surface area contributed by atoms with Crippen molar-refractivity contribution in [3.05, 3.63) is 36.2 Å². The number of ether oxygens (including phenoxy) is 3. The summed E-state index contributed by atoms with van der Waals surface area (Å²) in [6, 6.07) is 3.96. The van der Waals surface area contributed by atoms with E-state index < -0.39 is 11.8 Å². The minimum Gasteiger partial charge on any atom is -0.444 e. The molecular formula is C25H34N6O4. The Morgan fingerprint density at radius 2 is 2.06 bits per heavy atom. The molecule has 2 fully saturated rings. The number of amidine groups is 1. The van der Waals surface area contributed by atoms with E-state index in [1.165, 1.54) is 0 Å². The molecule has 0 saturated carbocycles. The van der Waals surface area contributed by atoms with Gasteiger partial charge in [0.2, 0.25) is 5.96 Å². The Labute approximate surface area is 206 Å². The van der Waals surface area contributed by atoms with Crippen LogP contribution in [0.3, 0.4) is 0 Å². The monoisotopic (exact) mass is 482 g/mol. The summed E-state index contributed by atoms with van der Waals surface area (Å²) in [6.45, 7) is 11.0. The van der Waals surface area contributed by atoms with Crippen LogP contribution in [0.25, 0.3) is 0 Å². The van der Waals surface area contributed by atoms with E-state index in [-0.39, 0.29) is 12.0 Å². The van der Waals surface area contributed by atoms with Gasteiger partial charge in [0.25, 0.3) is 0 Å². The lowest BCUT2D eigenvalue weighted by molar-refractivity contribution is 0.0257. The second-order valence-corrected chi connectivity index (χ2v) is 10.2. The van der Waals surface area contributed by atoms with Crippen molar-refractivity contribution in [1.29, 1.82) is 0 Å². The molecule has 4 aliphatic rings. The van der Waals surface area contributed by atoms with Crippen molar-refractivity contribution in [3.63, 3.8) is 0 Å². The van der Waals surface area contributed by atoms with Gasteiger partial charge in [-0.05, 0) is 39.3 Å². The highest BCUT2D eigenvalue weighted by molar-refractivity contribution is 6.18. The van der Waals surface area contributed by atoms with Gasteiger partial charge in [-0.2, -0.15) is 4.99 Å². The van der Waals surface area contributed by atoms with Gasteiger partial charge in [-0.15, -0.1) is 0 Å². The van der Waals surface area contributed by atoms with Crippen molar-refractivity contribution < 1.29 is 19.0 Å². The molecule has 0 aliphatic carbocycles. The largest absolute Gasteiger partial charge is 0.444 e. The van der Waals surface area contributed by atoms with E-state index in [9.17, 15) is 4.79 Å². The van der Waals surface area contributed by atoms with Crippen molar-refractivity contribution in [2.75, 3.05) is 57.4 Å². The smallest absolute Gasteiger partial charge is 0.410 e. The second kappa shape index (κ2) is 9.94. The number of pyridine rings is 1. The zero-order valence-corrected chi connectivity index (χ0v) is 20.7. The molecule has 2 unspecified atom stereocenters. The maximum Gasteiger partial charge on any atom is 0.410 e. The summed E-state index contributed by atoms with van der Waals surface area (Å²) in [4.78, 5) is 32.6. The van der Waals surface area contributed by atoms with E-state index in [0.717, 1.165) is 36.6 Å². The highest BCUT2D eigenvalue weighted by Gasteiger charge is 2.36. The molecule has 10 heteroatoms. The fourth-order valence-corrected chi connectivity index (χ4v) is 4.63. The molecule has 1 aromatic heterocycles. The molecule has 5 rings (SSSR count). The van der Waals surface area contributed by atoms with Gasteiger partial charge in [0.05, 0.1) is 31.7 Å². The number of amides is 1. The Morgan fingerprint density at radius 3 is 2.80 bits per heavy atom. The zero-order chi connectivity index (χ0) is 24.4. The molecule has 35 heavy (non-hydrogen) atoms. The molecule has 0 radical (unpaired) electrons. The molecule has 10 nitrogen and oxygen atoms in total. The standard InChI is InChI=1S/C25H34N6O4/c1-25(2,3)35-24(32)30-9-6-18(16-30)17-34-22-20-7-10-31(19-5-4-8-26-15-19)21(20)27-23(28-22)29-11-13-33-14-12-29/h4-5,7-8,15,18,22H,6,9-14,16-17H2,1-3H3.